The van der Waals surface area contributed by atoms with Gasteiger partial charge in [-0.25, -0.2) is 0 Å². The number of halogens is 2. The average molecular weight is 308 g/mol. The lowest BCUT2D eigenvalue weighted by atomic mass is 10.1. The Kier molecular flexibility index (Phi) is 4.88. The van der Waals surface area contributed by atoms with E-state index in [1.807, 2.05) is 0 Å². The van der Waals surface area contributed by atoms with Crippen LogP contribution in [0.15, 0.2) is 47.4 Å². The van der Waals surface area contributed by atoms with Crippen molar-refractivity contribution in [3.63, 3.8) is 0 Å². The summed E-state index contributed by atoms with van der Waals surface area (Å²) in [6, 6.07) is 8.29. The second kappa shape index (κ2) is 6.84. The van der Waals surface area contributed by atoms with Crippen LogP contribution < -0.4 is 15.6 Å². The number of ether oxygens (including phenoxy) is 1. The lowest BCUT2D eigenvalue weighted by molar-refractivity contribution is -0.0506. The molecular formula is C15H14F2N2O3. The monoisotopic (exact) mass is 308 g/mol. The number of hydrogen-bond acceptors (Lipinski definition) is 3. The molecule has 0 saturated carbocycles. The topological polar surface area (TPSA) is 71.2 Å². The standard InChI is InChI=1S/C15H14F2N2O3/c1-9(11-4-2-3-5-12(11)22-15(16)17)19-14(21)10-6-7-13(20)18-8-10/h2-9,15H,1H3,(H,18,20)(H,19,21)/t9-/m1/s1. The maximum Gasteiger partial charge on any atom is 0.387 e. The molecule has 0 radical (unpaired) electrons. The van der Waals surface area contributed by atoms with E-state index in [1.165, 1.54) is 24.4 Å². The van der Waals surface area contributed by atoms with Crippen LogP contribution in [0.1, 0.15) is 28.9 Å². The molecule has 5 nitrogen and oxygen atoms in total. The summed E-state index contributed by atoms with van der Waals surface area (Å²) in [5.41, 5.74) is 0.375. The Balaban J connectivity index is 2.15. The van der Waals surface area contributed by atoms with E-state index in [0.717, 1.165) is 0 Å². The summed E-state index contributed by atoms with van der Waals surface area (Å²) in [5.74, 6) is -0.428. The summed E-state index contributed by atoms with van der Waals surface area (Å²) in [6.45, 7) is -1.29. The number of pyridine rings is 1. The summed E-state index contributed by atoms with van der Waals surface area (Å²) in [5, 5.41) is 2.66. The number of nitrogens with one attached hydrogen (secondary N) is 2. The Morgan fingerprint density at radius 2 is 1.95 bits per heavy atom. The van der Waals surface area contributed by atoms with Crippen LogP contribution in [0.3, 0.4) is 0 Å². The molecule has 116 valence electrons. The SMILES string of the molecule is C[C@@H](NC(=O)c1ccc(=O)[nH]c1)c1ccccc1OC(F)F. The number of aromatic amines is 1. The molecule has 1 amide bonds. The molecule has 2 rings (SSSR count). The maximum atomic E-state index is 12.4. The molecule has 0 bridgehead atoms. The van der Waals surface area contributed by atoms with Crippen molar-refractivity contribution in [2.24, 2.45) is 0 Å². The van der Waals surface area contributed by atoms with Gasteiger partial charge in [-0.05, 0) is 19.1 Å². The molecule has 0 fully saturated rings. The number of H-pyrrole nitrogens is 1. The first kappa shape index (κ1) is 15.7. The van der Waals surface area contributed by atoms with Crippen molar-refractivity contribution in [3.8, 4) is 5.75 Å². The fraction of sp³-hybridized carbons (Fsp3) is 0.200. The Morgan fingerprint density at radius 1 is 1.23 bits per heavy atom. The number of hydrogen-bond donors (Lipinski definition) is 2. The molecule has 1 atom stereocenters. The van der Waals surface area contributed by atoms with Crippen LogP contribution in [-0.2, 0) is 0 Å². The second-order valence-electron chi connectivity index (χ2n) is 4.55. The molecule has 0 spiro atoms. The van der Waals surface area contributed by atoms with Gasteiger partial charge in [0, 0.05) is 17.8 Å². The van der Waals surface area contributed by atoms with Crippen LogP contribution >= 0.6 is 0 Å². The van der Waals surface area contributed by atoms with Gasteiger partial charge in [-0.3, -0.25) is 9.59 Å². The maximum absolute atomic E-state index is 12.4. The molecule has 0 aliphatic heterocycles. The summed E-state index contributed by atoms with van der Waals surface area (Å²) < 4.78 is 29.2. The van der Waals surface area contributed by atoms with Gasteiger partial charge in [0.05, 0.1) is 11.6 Å². The van der Waals surface area contributed by atoms with Crippen molar-refractivity contribution in [2.75, 3.05) is 0 Å². The first-order chi connectivity index (χ1) is 10.5. The smallest absolute Gasteiger partial charge is 0.387 e. The molecule has 0 aliphatic rings. The van der Waals surface area contributed by atoms with Crippen LogP contribution in [-0.4, -0.2) is 17.5 Å². The van der Waals surface area contributed by atoms with Gasteiger partial charge >= 0.3 is 6.61 Å². The molecule has 0 aliphatic carbocycles. The number of alkyl halides is 2. The lowest BCUT2D eigenvalue weighted by Crippen LogP contribution is -2.27. The van der Waals surface area contributed by atoms with Crippen molar-refractivity contribution >= 4 is 5.91 Å². The molecule has 2 aromatic rings. The second-order valence-corrected chi connectivity index (χ2v) is 4.55. The molecule has 1 aromatic carbocycles. The van der Waals surface area contributed by atoms with Crippen LogP contribution in [0.4, 0.5) is 8.78 Å². The highest BCUT2D eigenvalue weighted by Gasteiger charge is 2.17. The van der Waals surface area contributed by atoms with Gasteiger partial charge in [0.15, 0.2) is 0 Å². The van der Waals surface area contributed by atoms with Crippen molar-refractivity contribution in [3.05, 3.63) is 64.1 Å². The number of benzene rings is 1. The van der Waals surface area contributed by atoms with Crippen LogP contribution in [0.2, 0.25) is 0 Å². The summed E-state index contributed by atoms with van der Waals surface area (Å²) in [6.07, 6.45) is 1.28. The molecule has 7 heteroatoms. The number of carbonyl (C=O) groups excluding carboxylic acids is 1. The van der Waals surface area contributed by atoms with E-state index in [-0.39, 0.29) is 16.9 Å². The Morgan fingerprint density at radius 3 is 2.59 bits per heavy atom. The van der Waals surface area contributed by atoms with Crippen LogP contribution in [0.5, 0.6) is 5.75 Å². The van der Waals surface area contributed by atoms with E-state index in [9.17, 15) is 18.4 Å². The molecule has 1 aromatic heterocycles. The van der Waals surface area contributed by atoms with E-state index in [0.29, 0.717) is 5.56 Å². The third-order valence-corrected chi connectivity index (χ3v) is 3.00. The van der Waals surface area contributed by atoms with Crippen molar-refractivity contribution in [1.29, 1.82) is 0 Å². The van der Waals surface area contributed by atoms with E-state index in [2.05, 4.69) is 15.0 Å². The zero-order chi connectivity index (χ0) is 16.1. The predicted octanol–water partition coefficient (Wildman–Crippen LogP) is 2.47. The van der Waals surface area contributed by atoms with E-state index < -0.39 is 18.6 Å². The normalized spacial score (nSPS) is 12.0. The van der Waals surface area contributed by atoms with Crippen LogP contribution in [0, 0.1) is 0 Å². The number of rotatable bonds is 5. The van der Waals surface area contributed by atoms with Crippen molar-refractivity contribution in [1.82, 2.24) is 10.3 Å². The third kappa shape index (κ3) is 3.91. The summed E-state index contributed by atoms with van der Waals surface area (Å²) >= 11 is 0. The van der Waals surface area contributed by atoms with Crippen molar-refractivity contribution in [2.45, 2.75) is 19.6 Å². The zero-order valence-corrected chi connectivity index (χ0v) is 11.7. The van der Waals surface area contributed by atoms with E-state index in [4.69, 9.17) is 0 Å². The van der Waals surface area contributed by atoms with Gasteiger partial charge in [0.2, 0.25) is 5.56 Å². The molecule has 22 heavy (non-hydrogen) atoms. The minimum Gasteiger partial charge on any atom is -0.434 e. The van der Waals surface area contributed by atoms with Gasteiger partial charge in [0.1, 0.15) is 5.75 Å². The molecule has 0 unspecified atom stereocenters. The van der Waals surface area contributed by atoms with Gasteiger partial charge in [-0.15, -0.1) is 0 Å². The fourth-order valence-electron chi connectivity index (χ4n) is 1.95. The molecule has 2 N–H and O–H groups in total. The summed E-state index contributed by atoms with van der Waals surface area (Å²) in [4.78, 5) is 25.4. The van der Waals surface area contributed by atoms with Crippen molar-refractivity contribution < 1.29 is 18.3 Å². The fourth-order valence-corrected chi connectivity index (χ4v) is 1.95. The minimum absolute atomic E-state index is 0.00627. The summed E-state index contributed by atoms with van der Waals surface area (Å²) in [7, 11) is 0. The van der Waals surface area contributed by atoms with Gasteiger partial charge in [-0.1, -0.05) is 18.2 Å². The largest absolute Gasteiger partial charge is 0.434 e. The third-order valence-electron chi connectivity index (χ3n) is 3.00. The van der Waals surface area contributed by atoms with E-state index >= 15 is 0 Å². The van der Waals surface area contributed by atoms with Gasteiger partial charge < -0.3 is 15.0 Å². The minimum atomic E-state index is -2.94. The highest BCUT2D eigenvalue weighted by Crippen LogP contribution is 2.26. The van der Waals surface area contributed by atoms with E-state index in [1.54, 1.807) is 25.1 Å². The molecular weight excluding hydrogens is 294 g/mol. The zero-order valence-electron chi connectivity index (χ0n) is 11.7. The first-order valence-electron chi connectivity index (χ1n) is 6.50. The molecule has 1 heterocycles. The number of carbonyl (C=O) groups is 1. The van der Waals surface area contributed by atoms with Gasteiger partial charge in [-0.2, -0.15) is 8.78 Å². The average Bonchev–Trinajstić information content (AvgIpc) is 2.47. The Bertz CT molecular complexity index is 695. The van der Waals surface area contributed by atoms with Gasteiger partial charge in [0.25, 0.3) is 5.91 Å². The highest BCUT2D eigenvalue weighted by molar-refractivity contribution is 5.94. The quantitative estimate of drug-likeness (QED) is 0.891. The Labute approximate surface area is 124 Å². The number of para-hydroxylation sites is 1. The Hall–Kier alpha value is -2.70. The molecule has 0 saturated heterocycles. The predicted molar refractivity (Wildman–Crippen MR) is 76.0 cm³/mol. The van der Waals surface area contributed by atoms with Crippen LogP contribution in [0.25, 0.3) is 0 Å². The number of aromatic nitrogens is 1. The first-order valence-corrected chi connectivity index (χ1v) is 6.50. The number of amides is 1. The lowest BCUT2D eigenvalue weighted by Gasteiger charge is -2.18. The highest BCUT2D eigenvalue weighted by atomic mass is 19.3.